The van der Waals surface area contributed by atoms with Crippen molar-refractivity contribution in [3.8, 4) is 22.9 Å². The molecule has 0 fully saturated rings. The number of unbranched alkanes of at least 4 members (excludes halogenated alkanes) is 10. The lowest BCUT2D eigenvalue weighted by Crippen LogP contribution is -2.20. The van der Waals surface area contributed by atoms with Crippen molar-refractivity contribution >= 4 is 34.5 Å². The van der Waals surface area contributed by atoms with Crippen molar-refractivity contribution < 1.29 is 10.2 Å². The molecule has 2 heterocycles. The smallest absolute Gasteiger partial charge is 0.151 e. The van der Waals surface area contributed by atoms with Crippen molar-refractivity contribution in [2.75, 3.05) is 13.1 Å². The molecular weight excluding hydrogens is 709 g/mol. The second kappa shape index (κ2) is 20.2. The highest BCUT2D eigenvalue weighted by atomic mass is 16.3. The van der Waals surface area contributed by atoms with Gasteiger partial charge in [-0.2, -0.15) is 0 Å². The Morgan fingerprint density at radius 2 is 0.877 bits per heavy atom. The number of benzene rings is 4. The van der Waals surface area contributed by atoms with Gasteiger partial charge in [0.1, 0.15) is 33.4 Å². The lowest BCUT2D eigenvalue weighted by atomic mass is 9.94. The average molecular weight is 769 g/mol. The minimum absolute atomic E-state index is 0.105. The summed E-state index contributed by atoms with van der Waals surface area (Å²) in [5, 5.41) is 41.7. The molecule has 0 saturated carbocycles. The number of fused-ring (bicyclic) bond motifs is 2. The molecule has 0 aliphatic rings. The van der Waals surface area contributed by atoms with E-state index >= 15 is 0 Å². The van der Waals surface area contributed by atoms with Crippen molar-refractivity contribution in [2.24, 2.45) is 15.4 Å². The minimum Gasteiger partial charge on any atom is -0.505 e. The predicted octanol–water partition coefficient (Wildman–Crippen LogP) is 10.9. The normalized spacial score (nSPS) is 12.3. The van der Waals surface area contributed by atoms with Gasteiger partial charge in [0.05, 0.1) is 0 Å². The third kappa shape index (κ3) is 11.4. The van der Waals surface area contributed by atoms with Crippen molar-refractivity contribution in [2.45, 2.75) is 118 Å². The first-order valence-electron chi connectivity index (χ1n) is 21.1. The molecule has 2 aromatic heterocycles. The first-order chi connectivity index (χ1) is 27.7. The van der Waals surface area contributed by atoms with Gasteiger partial charge in [0.25, 0.3) is 0 Å². The number of hydrogen-bond acceptors (Lipinski definition) is 8. The van der Waals surface area contributed by atoms with Gasteiger partial charge in [0, 0.05) is 42.1 Å². The highest BCUT2D eigenvalue weighted by Gasteiger charge is 2.19. The van der Waals surface area contributed by atoms with Crippen molar-refractivity contribution in [1.29, 1.82) is 0 Å². The van der Waals surface area contributed by atoms with Gasteiger partial charge >= 0.3 is 0 Å². The van der Waals surface area contributed by atoms with Gasteiger partial charge in [-0.15, -0.1) is 30.0 Å². The number of aromatic nitrogens is 6. The van der Waals surface area contributed by atoms with E-state index in [0.717, 1.165) is 58.9 Å². The molecule has 57 heavy (non-hydrogen) atoms. The number of aromatic hydroxyl groups is 2. The van der Waals surface area contributed by atoms with Crippen LogP contribution in [-0.4, -0.2) is 65.7 Å². The zero-order chi connectivity index (χ0) is 40.0. The van der Waals surface area contributed by atoms with Gasteiger partial charge in [0.15, 0.2) is 11.5 Å². The molecule has 10 heteroatoms. The van der Waals surface area contributed by atoms with Crippen LogP contribution >= 0.6 is 0 Å². The molecule has 0 spiro atoms. The summed E-state index contributed by atoms with van der Waals surface area (Å²) in [7, 11) is 0. The van der Waals surface area contributed by atoms with Gasteiger partial charge in [-0.25, -0.2) is 0 Å². The van der Waals surface area contributed by atoms with Gasteiger partial charge in [0.2, 0.25) is 0 Å². The molecule has 0 aliphatic heterocycles. The second-order valence-electron chi connectivity index (χ2n) is 16.2. The second-order valence-corrected chi connectivity index (χ2v) is 16.2. The summed E-state index contributed by atoms with van der Waals surface area (Å²) in [6, 6.07) is 23.5. The largest absolute Gasteiger partial charge is 0.505 e. The standard InChI is InChI=1S/C47H60N8O2/c1-5-7-9-11-13-15-21-35-27-37(45(56)43(29-35)54-50-39-23-17-18-24-40(39)51-54)31-48-33-47(3,4)34-49-32-38-28-36(22-16-14-12-10-8-6-2)30-44(46(38)57)55-52-41-25-19-20-26-42(41)53-55/h17-20,23-32,56-57H,5-16,21-22,33-34H2,1-4H3. The molecule has 0 saturated heterocycles. The molecule has 0 bridgehead atoms. The van der Waals surface area contributed by atoms with E-state index in [2.05, 4.69) is 48.1 Å². The highest BCUT2D eigenvalue weighted by molar-refractivity contribution is 5.87. The molecule has 6 aromatic rings. The Bertz CT molecular complexity index is 2040. The van der Waals surface area contributed by atoms with E-state index in [4.69, 9.17) is 9.98 Å². The summed E-state index contributed by atoms with van der Waals surface area (Å²) in [5.41, 5.74) is 7.46. The van der Waals surface area contributed by atoms with E-state index in [9.17, 15) is 10.2 Å². The van der Waals surface area contributed by atoms with Crippen LogP contribution in [0, 0.1) is 5.41 Å². The fourth-order valence-corrected chi connectivity index (χ4v) is 7.18. The van der Waals surface area contributed by atoms with E-state index in [1.807, 2.05) is 72.8 Å². The Kier molecular flexibility index (Phi) is 14.6. The third-order valence-corrected chi connectivity index (χ3v) is 10.5. The predicted molar refractivity (Wildman–Crippen MR) is 234 cm³/mol. The zero-order valence-electron chi connectivity index (χ0n) is 34.4. The van der Waals surface area contributed by atoms with Crippen LogP contribution in [0.1, 0.15) is 127 Å². The first-order valence-corrected chi connectivity index (χ1v) is 21.1. The maximum absolute atomic E-state index is 11.5. The molecular formula is C47H60N8O2. The fourth-order valence-electron chi connectivity index (χ4n) is 7.18. The zero-order valence-corrected chi connectivity index (χ0v) is 34.4. The van der Waals surface area contributed by atoms with Crippen molar-refractivity contribution in [3.63, 3.8) is 0 Å². The van der Waals surface area contributed by atoms with Gasteiger partial charge < -0.3 is 10.2 Å². The molecule has 300 valence electrons. The molecule has 0 unspecified atom stereocenters. The minimum atomic E-state index is -0.293. The fraction of sp³-hybridized carbons (Fsp3) is 0.447. The van der Waals surface area contributed by atoms with Crippen LogP contribution in [0.2, 0.25) is 0 Å². The molecule has 10 nitrogen and oxygen atoms in total. The lowest BCUT2D eigenvalue weighted by molar-refractivity contribution is 0.396. The molecule has 0 amide bonds. The SMILES string of the molecule is CCCCCCCCc1cc(C=NCC(C)(C)CN=Cc2cc(CCCCCCCC)cc(-n3nc4ccccc4n3)c2O)c(O)c(-n2nc3ccccc3n2)c1. The number of phenolic OH excluding ortho intramolecular Hbond substituents is 2. The van der Waals surface area contributed by atoms with Crippen LogP contribution < -0.4 is 0 Å². The Balaban J connectivity index is 1.17. The van der Waals surface area contributed by atoms with Crippen molar-refractivity contribution in [3.05, 3.63) is 95.1 Å². The van der Waals surface area contributed by atoms with Gasteiger partial charge in [-0.1, -0.05) is 116 Å². The topological polar surface area (TPSA) is 127 Å². The molecule has 0 aliphatic carbocycles. The maximum Gasteiger partial charge on any atom is 0.151 e. The average Bonchev–Trinajstić information content (AvgIpc) is 3.84. The van der Waals surface area contributed by atoms with Crippen LogP contribution in [-0.2, 0) is 12.8 Å². The Morgan fingerprint density at radius 3 is 1.25 bits per heavy atom. The molecule has 6 rings (SSSR count). The summed E-state index contributed by atoms with van der Waals surface area (Å²) < 4.78 is 0. The quantitative estimate of drug-likeness (QED) is 0.0523. The summed E-state index contributed by atoms with van der Waals surface area (Å²) in [4.78, 5) is 12.7. The van der Waals surface area contributed by atoms with E-state index < -0.39 is 0 Å². The molecule has 0 radical (unpaired) electrons. The van der Waals surface area contributed by atoms with Crippen LogP contribution in [0.5, 0.6) is 11.5 Å². The Hall–Kier alpha value is -5.38. The van der Waals surface area contributed by atoms with Gasteiger partial charge in [-0.05, 0) is 85.3 Å². The summed E-state index contributed by atoms with van der Waals surface area (Å²) >= 11 is 0. The Labute approximate surface area is 337 Å². The number of aryl methyl sites for hydroxylation is 2. The monoisotopic (exact) mass is 768 g/mol. The van der Waals surface area contributed by atoms with E-state index in [0.29, 0.717) is 35.6 Å². The van der Waals surface area contributed by atoms with E-state index in [-0.39, 0.29) is 16.9 Å². The number of aliphatic imine (C=N–C) groups is 2. The van der Waals surface area contributed by atoms with Crippen LogP contribution in [0.3, 0.4) is 0 Å². The number of rotatable bonds is 22. The molecule has 0 atom stereocenters. The Morgan fingerprint density at radius 1 is 0.526 bits per heavy atom. The van der Waals surface area contributed by atoms with Crippen LogP contribution in [0.25, 0.3) is 33.4 Å². The van der Waals surface area contributed by atoms with Crippen LogP contribution in [0.4, 0.5) is 0 Å². The third-order valence-electron chi connectivity index (χ3n) is 10.5. The highest BCUT2D eigenvalue weighted by Crippen LogP contribution is 2.30. The molecule has 4 aromatic carbocycles. The van der Waals surface area contributed by atoms with E-state index in [1.54, 1.807) is 12.4 Å². The molecule has 2 N–H and O–H groups in total. The maximum atomic E-state index is 11.5. The summed E-state index contributed by atoms with van der Waals surface area (Å²) in [5.74, 6) is 0.210. The number of nitrogens with zero attached hydrogens (tertiary/aromatic N) is 8. The van der Waals surface area contributed by atoms with E-state index in [1.165, 1.54) is 73.8 Å². The lowest BCUT2D eigenvalue weighted by Gasteiger charge is -2.19. The van der Waals surface area contributed by atoms with Gasteiger partial charge in [-0.3, -0.25) is 9.98 Å². The summed E-state index contributed by atoms with van der Waals surface area (Å²) in [6.45, 7) is 9.71. The summed E-state index contributed by atoms with van der Waals surface area (Å²) in [6.07, 6.45) is 19.9. The van der Waals surface area contributed by atoms with Crippen LogP contribution in [0.15, 0.2) is 82.8 Å². The van der Waals surface area contributed by atoms with Crippen molar-refractivity contribution in [1.82, 2.24) is 30.0 Å². The first kappa shape index (κ1) is 41.3. The number of phenols is 2. The number of hydrogen-bond donors (Lipinski definition) is 2.